The molecule has 0 atom stereocenters. The summed E-state index contributed by atoms with van der Waals surface area (Å²) in [5.74, 6) is 0. The van der Waals surface area contributed by atoms with Crippen molar-refractivity contribution in [1.29, 1.82) is 0 Å². The Balaban J connectivity index is 3.04. The lowest BCUT2D eigenvalue weighted by molar-refractivity contribution is 0.485. The molecular weight excluding hydrogens is 260 g/mol. The van der Waals surface area contributed by atoms with Gasteiger partial charge < -0.3 is 5.32 Å². The van der Waals surface area contributed by atoms with Crippen molar-refractivity contribution in [1.82, 2.24) is 9.62 Å². The molecule has 5 heteroatoms. The Morgan fingerprint density at radius 3 is 2.53 bits per heavy atom. The number of benzene rings is 1. The third-order valence-corrected chi connectivity index (χ3v) is 5.22. The van der Waals surface area contributed by atoms with Crippen LogP contribution in [0.3, 0.4) is 0 Å². The van der Waals surface area contributed by atoms with Crippen LogP contribution in [0.4, 0.5) is 0 Å². The van der Waals surface area contributed by atoms with Gasteiger partial charge in [-0.1, -0.05) is 26.0 Å². The van der Waals surface area contributed by atoms with Gasteiger partial charge in [-0.25, -0.2) is 12.7 Å². The molecule has 108 valence electrons. The van der Waals surface area contributed by atoms with Gasteiger partial charge in [-0.05, 0) is 37.1 Å². The van der Waals surface area contributed by atoms with Gasteiger partial charge >= 0.3 is 0 Å². The summed E-state index contributed by atoms with van der Waals surface area (Å²) in [5.41, 5.74) is 1.79. The molecule has 0 aliphatic heterocycles. The molecule has 1 aromatic carbocycles. The molecule has 0 aromatic heterocycles. The van der Waals surface area contributed by atoms with E-state index < -0.39 is 10.0 Å². The Bertz CT molecular complexity index is 512. The number of rotatable bonds is 7. The standard InChI is InChI=1S/C14H24N2O2S/c1-5-9-15-11-13-8-7-12(3)14(10-13)19(17,18)16(4)6-2/h7-8,10,15H,5-6,9,11H2,1-4H3. The topological polar surface area (TPSA) is 49.4 Å². The van der Waals surface area contributed by atoms with Crippen LogP contribution in [0.25, 0.3) is 0 Å². The molecule has 0 heterocycles. The highest BCUT2D eigenvalue weighted by atomic mass is 32.2. The minimum absolute atomic E-state index is 0.410. The lowest BCUT2D eigenvalue weighted by Crippen LogP contribution is -2.27. The molecule has 0 radical (unpaired) electrons. The van der Waals surface area contributed by atoms with Crippen molar-refractivity contribution in [2.45, 2.75) is 38.6 Å². The molecular formula is C14H24N2O2S. The maximum atomic E-state index is 12.4. The van der Waals surface area contributed by atoms with E-state index in [9.17, 15) is 8.42 Å². The number of aryl methyl sites for hydroxylation is 1. The molecule has 0 aliphatic carbocycles. The van der Waals surface area contributed by atoms with E-state index in [0.717, 1.165) is 24.1 Å². The van der Waals surface area contributed by atoms with Crippen molar-refractivity contribution in [3.63, 3.8) is 0 Å². The Hall–Kier alpha value is -0.910. The summed E-state index contributed by atoms with van der Waals surface area (Å²) < 4.78 is 26.1. The summed E-state index contributed by atoms with van der Waals surface area (Å²) in [6.45, 7) is 7.88. The van der Waals surface area contributed by atoms with Crippen LogP contribution in [0.15, 0.2) is 23.1 Å². The first-order valence-electron chi connectivity index (χ1n) is 6.70. The molecule has 0 saturated heterocycles. The lowest BCUT2D eigenvalue weighted by Gasteiger charge is -2.17. The Morgan fingerprint density at radius 2 is 1.95 bits per heavy atom. The number of sulfonamides is 1. The summed E-state index contributed by atoms with van der Waals surface area (Å²) in [5, 5.41) is 3.28. The minimum atomic E-state index is -3.37. The van der Waals surface area contributed by atoms with Crippen LogP contribution in [0.2, 0.25) is 0 Å². The third kappa shape index (κ3) is 4.03. The zero-order valence-electron chi connectivity index (χ0n) is 12.2. The van der Waals surface area contributed by atoms with Crippen molar-refractivity contribution in [3.05, 3.63) is 29.3 Å². The Labute approximate surface area is 116 Å². The van der Waals surface area contributed by atoms with Crippen molar-refractivity contribution in [2.75, 3.05) is 20.1 Å². The second-order valence-electron chi connectivity index (χ2n) is 4.70. The van der Waals surface area contributed by atoms with E-state index in [1.54, 1.807) is 13.1 Å². The molecule has 0 aliphatic rings. The van der Waals surface area contributed by atoms with E-state index in [4.69, 9.17) is 0 Å². The fraction of sp³-hybridized carbons (Fsp3) is 0.571. The van der Waals surface area contributed by atoms with Gasteiger partial charge in [0.05, 0.1) is 4.90 Å². The van der Waals surface area contributed by atoms with E-state index in [-0.39, 0.29) is 0 Å². The van der Waals surface area contributed by atoms with Crippen LogP contribution < -0.4 is 5.32 Å². The fourth-order valence-corrected chi connectivity index (χ4v) is 3.23. The van der Waals surface area contributed by atoms with E-state index in [0.29, 0.717) is 18.0 Å². The normalized spacial score (nSPS) is 12.1. The zero-order valence-corrected chi connectivity index (χ0v) is 13.0. The van der Waals surface area contributed by atoms with Gasteiger partial charge in [0.1, 0.15) is 0 Å². The van der Waals surface area contributed by atoms with Gasteiger partial charge in [-0.3, -0.25) is 0 Å². The van der Waals surface area contributed by atoms with E-state index in [2.05, 4.69) is 12.2 Å². The summed E-state index contributed by atoms with van der Waals surface area (Å²) in [6, 6.07) is 5.63. The smallest absolute Gasteiger partial charge is 0.243 e. The molecule has 4 nitrogen and oxygen atoms in total. The summed E-state index contributed by atoms with van der Waals surface area (Å²) in [6.07, 6.45) is 1.07. The van der Waals surface area contributed by atoms with Crippen LogP contribution in [-0.4, -0.2) is 32.9 Å². The average molecular weight is 284 g/mol. The van der Waals surface area contributed by atoms with Gasteiger partial charge in [0, 0.05) is 20.1 Å². The van der Waals surface area contributed by atoms with Crippen molar-refractivity contribution in [3.8, 4) is 0 Å². The summed E-state index contributed by atoms with van der Waals surface area (Å²) >= 11 is 0. The molecule has 0 bridgehead atoms. The number of nitrogens with one attached hydrogen (secondary N) is 1. The highest BCUT2D eigenvalue weighted by Gasteiger charge is 2.21. The number of hydrogen-bond donors (Lipinski definition) is 1. The quantitative estimate of drug-likeness (QED) is 0.780. The first-order chi connectivity index (χ1) is 8.93. The summed E-state index contributed by atoms with van der Waals surface area (Å²) in [4.78, 5) is 0.410. The SMILES string of the molecule is CCCNCc1ccc(C)c(S(=O)(=O)N(C)CC)c1. The predicted molar refractivity (Wildman–Crippen MR) is 78.7 cm³/mol. The molecule has 0 fully saturated rings. The van der Waals surface area contributed by atoms with E-state index >= 15 is 0 Å². The van der Waals surface area contributed by atoms with Gasteiger partial charge in [0.15, 0.2) is 0 Å². The monoisotopic (exact) mass is 284 g/mol. The highest BCUT2D eigenvalue weighted by Crippen LogP contribution is 2.20. The molecule has 0 spiro atoms. The van der Waals surface area contributed by atoms with Gasteiger partial charge in [-0.2, -0.15) is 0 Å². The maximum Gasteiger partial charge on any atom is 0.243 e. The highest BCUT2D eigenvalue weighted by molar-refractivity contribution is 7.89. The predicted octanol–water partition coefficient (Wildman–Crippen LogP) is 2.14. The summed E-state index contributed by atoms with van der Waals surface area (Å²) in [7, 11) is -1.76. The van der Waals surface area contributed by atoms with Crippen LogP contribution in [-0.2, 0) is 16.6 Å². The number of hydrogen-bond acceptors (Lipinski definition) is 3. The van der Waals surface area contributed by atoms with Gasteiger partial charge in [0.2, 0.25) is 10.0 Å². The molecule has 1 rings (SSSR count). The molecule has 1 aromatic rings. The Kier molecular flexibility index (Phi) is 5.97. The lowest BCUT2D eigenvalue weighted by atomic mass is 10.1. The van der Waals surface area contributed by atoms with Gasteiger partial charge in [0.25, 0.3) is 0 Å². The van der Waals surface area contributed by atoms with E-state index in [1.165, 1.54) is 4.31 Å². The van der Waals surface area contributed by atoms with Crippen molar-refractivity contribution >= 4 is 10.0 Å². The minimum Gasteiger partial charge on any atom is -0.313 e. The second-order valence-corrected chi connectivity index (χ2v) is 6.71. The van der Waals surface area contributed by atoms with E-state index in [1.807, 2.05) is 26.0 Å². The second kappa shape index (κ2) is 7.03. The van der Waals surface area contributed by atoms with Gasteiger partial charge in [-0.15, -0.1) is 0 Å². The molecule has 0 amide bonds. The largest absolute Gasteiger partial charge is 0.313 e. The molecule has 0 unspecified atom stereocenters. The van der Waals surface area contributed by atoms with Crippen molar-refractivity contribution in [2.24, 2.45) is 0 Å². The number of nitrogens with zero attached hydrogens (tertiary/aromatic N) is 1. The molecule has 19 heavy (non-hydrogen) atoms. The van der Waals surface area contributed by atoms with Crippen LogP contribution >= 0.6 is 0 Å². The zero-order chi connectivity index (χ0) is 14.5. The van der Waals surface area contributed by atoms with Crippen LogP contribution in [0.5, 0.6) is 0 Å². The van der Waals surface area contributed by atoms with Crippen molar-refractivity contribution < 1.29 is 8.42 Å². The first kappa shape index (κ1) is 16.1. The first-order valence-corrected chi connectivity index (χ1v) is 8.14. The fourth-order valence-electron chi connectivity index (χ4n) is 1.78. The third-order valence-electron chi connectivity index (χ3n) is 3.14. The Morgan fingerprint density at radius 1 is 1.26 bits per heavy atom. The van der Waals surface area contributed by atoms with Crippen LogP contribution in [0, 0.1) is 6.92 Å². The molecule has 1 N–H and O–H groups in total. The maximum absolute atomic E-state index is 12.4. The average Bonchev–Trinajstić information content (AvgIpc) is 2.39. The van der Waals surface area contributed by atoms with Crippen LogP contribution in [0.1, 0.15) is 31.4 Å². The molecule has 0 saturated carbocycles.